The van der Waals surface area contributed by atoms with Gasteiger partial charge in [0.1, 0.15) is 11.4 Å². The van der Waals surface area contributed by atoms with Crippen LogP contribution in [0.2, 0.25) is 0 Å². The Kier molecular flexibility index (Phi) is 3.91. The topological polar surface area (TPSA) is 66.2 Å². The summed E-state index contributed by atoms with van der Waals surface area (Å²) in [5.41, 5.74) is 2.73. The molecular formula is C18H13N3O3S. The Morgan fingerprint density at radius 1 is 1.16 bits per heavy atom. The van der Waals surface area contributed by atoms with E-state index in [1.54, 1.807) is 17.2 Å². The molecule has 4 rings (SSSR count). The molecular weight excluding hydrogens is 338 g/mol. The fraction of sp³-hybridized carbons (Fsp3) is 0.0556. The third-order valence-electron chi connectivity index (χ3n) is 3.76. The van der Waals surface area contributed by atoms with E-state index < -0.39 is 0 Å². The zero-order chi connectivity index (χ0) is 17.2. The van der Waals surface area contributed by atoms with E-state index in [1.165, 1.54) is 11.3 Å². The van der Waals surface area contributed by atoms with Crippen molar-refractivity contribution in [1.82, 2.24) is 14.8 Å². The molecule has 0 saturated carbocycles. The minimum atomic E-state index is 0.258. The molecule has 0 N–H and O–H groups in total. The molecule has 0 unspecified atom stereocenters. The molecule has 0 aliphatic rings. The van der Waals surface area contributed by atoms with Crippen molar-refractivity contribution in [2.24, 2.45) is 0 Å². The lowest BCUT2D eigenvalue weighted by molar-refractivity contribution is -0.120. The van der Waals surface area contributed by atoms with Gasteiger partial charge in [0.05, 0.1) is 18.0 Å². The molecule has 25 heavy (non-hydrogen) atoms. The summed E-state index contributed by atoms with van der Waals surface area (Å²) in [5, 5.41) is 7.99. The number of ether oxygens (including phenoxy) is 2. The van der Waals surface area contributed by atoms with Crippen LogP contribution in [-0.4, -0.2) is 28.3 Å². The number of aromatic nitrogens is 3. The minimum absolute atomic E-state index is 0.258. The maximum absolute atomic E-state index is 10.5. The fourth-order valence-electron chi connectivity index (χ4n) is 2.63. The molecule has 2 aromatic heterocycles. The second-order valence-electron chi connectivity index (χ2n) is 5.19. The van der Waals surface area contributed by atoms with E-state index in [9.17, 15) is 4.79 Å². The van der Waals surface area contributed by atoms with Crippen LogP contribution in [0.3, 0.4) is 0 Å². The van der Waals surface area contributed by atoms with Gasteiger partial charge >= 0.3 is 0 Å². The molecule has 0 aliphatic heterocycles. The largest absolute Gasteiger partial charge is 0.497 e. The first-order valence-electron chi connectivity index (χ1n) is 7.48. The van der Waals surface area contributed by atoms with Gasteiger partial charge in [0.2, 0.25) is 11.0 Å². The van der Waals surface area contributed by atoms with Crippen molar-refractivity contribution in [3.63, 3.8) is 0 Å². The molecule has 2 aromatic carbocycles. The zero-order valence-corrected chi connectivity index (χ0v) is 14.1. The van der Waals surface area contributed by atoms with Gasteiger partial charge in [-0.1, -0.05) is 41.7 Å². The van der Waals surface area contributed by atoms with Gasteiger partial charge < -0.3 is 9.47 Å². The lowest BCUT2D eigenvalue weighted by Crippen LogP contribution is -1.96. The van der Waals surface area contributed by atoms with E-state index in [0.29, 0.717) is 11.6 Å². The van der Waals surface area contributed by atoms with Crippen molar-refractivity contribution in [3.05, 3.63) is 53.9 Å². The Hall–Kier alpha value is -3.19. The van der Waals surface area contributed by atoms with Crippen LogP contribution >= 0.6 is 11.3 Å². The highest BCUT2D eigenvalue weighted by atomic mass is 32.1. The van der Waals surface area contributed by atoms with Crippen LogP contribution in [0.1, 0.15) is 0 Å². The number of thiazole rings is 1. The number of fused-ring (bicyclic) bond motifs is 1. The maximum Gasteiger partial charge on any atom is 0.299 e. The molecule has 0 fully saturated rings. The average Bonchev–Trinajstić information content (AvgIpc) is 3.26. The first kappa shape index (κ1) is 15.3. The van der Waals surface area contributed by atoms with Crippen molar-refractivity contribution in [2.75, 3.05) is 7.11 Å². The molecule has 7 heteroatoms. The summed E-state index contributed by atoms with van der Waals surface area (Å²) >= 11 is 1.35. The molecule has 0 amide bonds. The van der Waals surface area contributed by atoms with Gasteiger partial charge in [0, 0.05) is 10.9 Å². The van der Waals surface area contributed by atoms with Gasteiger partial charge in [-0.3, -0.25) is 4.79 Å². The van der Waals surface area contributed by atoms with Crippen molar-refractivity contribution in [2.45, 2.75) is 0 Å². The first-order chi connectivity index (χ1) is 12.3. The normalized spacial score (nSPS) is 10.8. The molecule has 124 valence electrons. The van der Waals surface area contributed by atoms with E-state index in [4.69, 9.17) is 14.6 Å². The van der Waals surface area contributed by atoms with Crippen LogP contribution in [0, 0.1) is 0 Å². The molecule has 6 nitrogen and oxygen atoms in total. The summed E-state index contributed by atoms with van der Waals surface area (Å²) in [6.45, 7) is 0.361. The quantitative estimate of drug-likeness (QED) is 0.513. The van der Waals surface area contributed by atoms with E-state index in [2.05, 4.69) is 4.98 Å². The molecule has 0 radical (unpaired) electrons. The molecule has 0 saturated heterocycles. The number of benzene rings is 2. The van der Waals surface area contributed by atoms with Crippen LogP contribution in [0.25, 0.3) is 27.3 Å². The Morgan fingerprint density at radius 3 is 2.76 bits per heavy atom. The zero-order valence-electron chi connectivity index (χ0n) is 13.2. The Morgan fingerprint density at radius 2 is 2.00 bits per heavy atom. The highest BCUT2D eigenvalue weighted by molar-refractivity contribution is 7.12. The van der Waals surface area contributed by atoms with Crippen molar-refractivity contribution < 1.29 is 14.3 Å². The SMILES string of the molecule is COc1ccc2c(c1)c(-c1ccccc1)nn2-c1nc(OC=O)cs1. The Balaban J connectivity index is 1.94. The Bertz CT molecular complexity index is 1040. The minimum Gasteiger partial charge on any atom is -0.497 e. The first-order valence-corrected chi connectivity index (χ1v) is 8.36. The second-order valence-corrected chi connectivity index (χ2v) is 6.03. The van der Waals surface area contributed by atoms with Crippen LogP contribution in [-0.2, 0) is 4.79 Å². The smallest absolute Gasteiger partial charge is 0.299 e. The van der Waals surface area contributed by atoms with E-state index in [1.807, 2.05) is 48.5 Å². The number of rotatable bonds is 5. The summed E-state index contributed by atoms with van der Waals surface area (Å²) in [5.74, 6) is 1.02. The van der Waals surface area contributed by atoms with Gasteiger partial charge in [-0.05, 0) is 18.2 Å². The van der Waals surface area contributed by atoms with Crippen LogP contribution in [0.15, 0.2) is 53.9 Å². The summed E-state index contributed by atoms with van der Waals surface area (Å²) in [6.07, 6.45) is 0. The molecule has 0 atom stereocenters. The third kappa shape index (κ3) is 2.74. The number of nitrogens with zero attached hydrogens (tertiary/aromatic N) is 3. The summed E-state index contributed by atoms with van der Waals surface area (Å²) in [6, 6.07) is 15.7. The van der Waals surface area contributed by atoms with Gasteiger partial charge in [-0.25, -0.2) is 4.68 Å². The number of carbonyl (C=O) groups is 1. The summed E-state index contributed by atoms with van der Waals surface area (Å²) in [4.78, 5) is 14.8. The monoisotopic (exact) mass is 351 g/mol. The standard InChI is InChI=1S/C18H13N3O3S/c1-23-13-7-8-15-14(9-13)17(12-5-3-2-4-6-12)20-21(15)18-19-16(10-25-18)24-11-22/h2-11H,1H3. The predicted molar refractivity (Wildman–Crippen MR) is 95.4 cm³/mol. The Labute approximate surface area is 147 Å². The number of hydrogen-bond acceptors (Lipinski definition) is 6. The predicted octanol–water partition coefficient (Wildman–Crippen LogP) is 3.69. The number of methoxy groups -OCH3 is 1. The van der Waals surface area contributed by atoms with E-state index >= 15 is 0 Å². The van der Waals surface area contributed by atoms with Gasteiger partial charge in [0.15, 0.2) is 0 Å². The molecule has 0 spiro atoms. The lowest BCUT2D eigenvalue weighted by atomic mass is 10.1. The van der Waals surface area contributed by atoms with Crippen molar-refractivity contribution in [3.8, 4) is 28.0 Å². The van der Waals surface area contributed by atoms with Crippen LogP contribution in [0.5, 0.6) is 11.6 Å². The van der Waals surface area contributed by atoms with Gasteiger partial charge in [0.25, 0.3) is 6.47 Å². The van der Waals surface area contributed by atoms with Crippen LogP contribution in [0.4, 0.5) is 0 Å². The number of hydrogen-bond donors (Lipinski definition) is 0. The van der Waals surface area contributed by atoms with Gasteiger partial charge in [-0.2, -0.15) is 10.1 Å². The molecule has 0 bridgehead atoms. The van der Waals surface area contributed by atoms with E-state index in [0.717, 1.165) is 27.9 Å². The molecule has 4 aromatic rings. The molecule has 2 heterocycles. The third-order valence-corrected chi connectivity index (χ3v) is 4.55. The number of carbonyl (C=O) groups excluding carboxylic acids is 1. The highest BCUT2D eigenvalue weighted by Crippen LogP contribution is 2.33. The van der Waals surface area contributed by atoms with Crippen molar-refractivity contribution >= 4 is 28.7 Å². The lowest BCUT2D eigenvalue weighted by Gasteiger charge is -2.01. The second kappa shape index (κ2) is 6.37. The summed E-state index contributed by atoms with van der Waals surface area (Å²) < 4.78 is 11.9. The highest BCUT2D eigenvalue weighted by Gasteiger charge is 2.16. The fourth-order valence-corrected chi connectivity index (χ4v) is 3.33. The average molecular weight is 351 g/mol. The van der Waals surface area contributed by atoms with Crippen LogP contribution < -0.4 is 9.47 Å². The van der Waals surface area contributed by atoms with Crippen molar-refractivity contribution in [1.29, 1.82) is 0 Å². The maximum atomic E-state index is 10.5. The summed E-state index contributed by atoms with van der Waals surface area (Å²) in [7, 11) is 1.64. The van der Waals surface area contributed by atoms with Gasteiger partial charge in [-0.15, -0.1) is 0 Å². The molecule has 0 aliphatic carbocycles. The van der Waals surface area contributed by atoms with E-state index in [-0.39, 0.29) is 5.88 Å².